The van der Waals surface area contributed by atoms with E-state index in [-0.39, 0.29) is 11.9 Å². The van der Waals surface area contributed by atoms with Gasteiger partial charge in [-0.3, -0.25) is 9.79 Å². The van der Waals surface area contributed by atoms with Crippen LogP contribution in [0.5, 0.6) is 0 Å². The van der Waals surface area contributed by atoms with Gasteiger partial charge < -0.3 is 27.3 Å². The van der Waals surface area contributed by atoms with Gasteiger partial charge in [0.2, 0.25) is 5.91 Å². The number of guanidine groups is 1. The van der Waals surface area contributed by atoms with Crippen LogP contribution in [0.4, 0.5) is 0 Å². The number of aliphatic imine (C=N–C) groups is 1. The van der Waals surface area contributed by atoms with Crippen molar-refractivity contribution >= 4 is 18.2 Å². The molecule has 92 valence electrons. The van der Waals surface area contributed by atoms with Gasteiger partial charge in [0.25, 0.3) is 0 Å². The lowest BCUT2D eigenvalue weighted by atomic mass is 10.1. The summed E-state index contributed by atoms with van der Waals surface area (Å²) in [4.78, 5) is 25.6. The van der Waals surface area contributed by atoms with Crippen LogP contribution in [0.15, 0.2) is 4.99 Å². The summed E-state index contributed by atoms with van der Waals surface area (Å²) in [6.45, 7) is 1.98. The number of nitrogens with one attached hydrogen (secondary N) is 1. The highest BCUT2D eigenvalue weighted by molar-refractivity contribution is 5.83. The van der Waals surface area contributed by atoms with Gasteiger partial charge in [0, 0.05) is 6.54 Å². The Hall–Kier alpha value is -1.63. The molecule has 0 rings (SSSR count). The molecule has 16 heavy (non-hydrogen) atoms. The van der Waals surface area contributed by atoms with E-state index >= 15 is 0 Å². The number of carbonyl (C=O) groups excluding carboxylic acids is 2. The second-order valence-corrected chi connectivity index (χ2v) is 3.49. The predicted octanol–water partition coefficient (Wildman–Crippen LogP) is -1.93. The number of amides is 1. The fourth-order valence-electron chi connectivity index (χ4n) is 1.01. The van der Waals surface area contributed by atoms with E-state index in [1.807, 2.05) is 0 Å². The zero-order chi connectivity index (χ0) is 12.6. The van der Waals surface area contributed by atoms with Gasteiger partial charge in [-0.05, 0) is 19.8 Å². The summed E-state index contributed by atoms with van der Waals surface area (Å²) in [5.74, 6) is -0.332. The molecule has 0 aromatic heterocycles. The van der Waals surface area contributed by atoms with Crippen molar-refractivity contribution in [2.45, 2.75) is 31.8 Å². The van der Waals surface area contributed by atoms with E-state index in [4.69, 9.17) is 17.2 Å². The van der Waals surface area contributed by atoms with E-state index in [1.54, 1.807) is 6.92 Å². The van der Waals surface area contributed by atoms with Crippen LogP contribution in [-0.4, -0.2) is 36.8 Å². The maximum atomic E-state index is 11.2. The molecule has 7 heteroatoms. The zero-order valence-electron chi connectivity index (χ0n) is 9.35. The molecule has 2 unspecified atom stereocenters. The third kappa shape index (κ3) is 6.77. The highest BCUT2D eigenvalue weighted by Crippen LogP contribution is 1.95. The number of nitrogens with two attached hydrogens (primary N) is 3. The Balaban J connectivity index is 3.88. The van der Waals surface area contributed by atoms with Gasteiger partial charge in [0.15, 0.2) is 5.96 Å². The molecular weight excluding hydrogens is 210 g/mol. The molecule has 0 saturated carbocycles. The normalized spacial score (nSPS) is 13.6. The summed E-state index contributed by atoms with van der Waals surface area (Å²) in [6, 6.07) is -1.16. The van der Waals surface area contributed by atoms with Crippen molar-refractivity contribution in [2.75, 3.05) is 6.54 Å². The Morgan fingerprint density at radius 1 is 1.50 bits per heavy atom. The van der Waals surface area contributed by atoms with Gasteiger partial charge in [-0.15, -0.1) is 0 Å². The zero-order valence-corrected chi connectivity index (χ0v) is 9.35. The lowest BCUT2D eigenvalue weighted by molar-refractivity contribution is -0.124. The summed E-state index contributed by atoms with van der Waals surface area (Å²) >= 11 is 0. The van der Waals surface area contributed by atoms with Crippen LogP contribution in [0.3, 0.4) is 0 Å². The maximum Gasteiger partial charge on any atom is 0.237 e. The first-order valence-electron chi connectivity index (χ1n) is 5.04. The van der Waals surface area contributed by atoms with Crippen molar-refractivity contribution in [3.05, 3.63) is 0 Å². The molecule has 7 nitrogen and oxygen atoms in total. The molecule has 0 aliphatic heterocycles. The molecule has 0 fully saturated rings. The second-order valence-electron chi connectivity index (χ2n) is 3.49. The SMILES string of the molecule is CC(N)C(=O)NC(C=O)CCCN=C(N)N. The van der Waals surface area contributed by atoms with Crippen LogP contribution in [0.1, 0.15) is 19.8 Å². The van der Waals surface area contributed by atoms with Crippen LogP contribution >= 0.6 is 0 Å². The van der Waals surface area contributed by atoms with E-state index in [0.717, 1.165) is 0 Å². The molecule has 0 aromatic carbocycles. The molecule has 0 aromatic rings. The van der Waals surface area contributed by atoms with Crippen molar-refractivity contribution in [3.63, 3.8) is 0 Å². The molecule has 0 bridgehead atoms. The summed E-state index contributed by atoms with van der Waals surface area (Å²) in [7, 11) is 0. The van der Waals surface area contributed by atoms with Gasteiger partial charge in [0.1, 0.15) is 6.29 Å². The highest BCUT2D eigenvalue weighted by Gasteiger charge is 2.13. The van der Waals surface area contributed by atoms with E-state index in [2.05, 4.69) is 10.3 Å². The van der Waals surface area contributed by atoms with Crippen LogP contribution < -0.4 is 22.5 Å². The van der Waals surface area contributed by atoms with Gasteiger partial charge >= 0.3 is 0 Å². The van der Waals surface area contributed by atoms with E-state index in [1.165, 1.54) is 0 Å². The monoisotopic (exact) mass is 229 g/mol. The molecule has 7 N–H and O–H groups in total. The molecular formula is C9H19N5O2. The average Bonchev–Trinajstić information content (AvgIpc) is 2.21. The van der Waals surface area contributed by atoms with Crippen LogP contribution in [-0.2, 0) is 9.59 Å². The minimum atomic E-state index is -0.625. The highest BCUT2D eigenvalue weighted by atomic mass is 16.2. The number of hydrogen-bond acceptors (Lipinski definition) is 4. The number of hydrogen-bond donors (Lipinski definition) is 4. The average molecular weight is 229 g/mol. The van der Waals surface area contributed by atoms with Gasteiger partial charge in [-0.1, -0.05) is 0 Å². The van der Waals surface area contributed by atoms with E-state index < -0.39 is 12.1 Å². The summed E-state index contributed by atoms with van der Waals surface area (Å²) in [5, 5.41) is 2.51. The van der Waals surface area contributed by atoms with Crippen molar-refractivity contribution in [1.29, 1.82) is 0 Å². The number of nitrogens with zero attached hydrogens (tertiary/aromatic N) is 1. The van der Waals surface area contributed by atoms with Gasteiger partial charge in [-0.25, -0.2) is 0 Å². The number of rotatable bonds is 7. The van der Waals surface area contributed by atoms with Crippen molar-refractivity contribution in [2.24, 2.45) is 22.2 Å². The van der Waals surface area contributed by atoms with Crippen LogP contribution in [0.2, 0.25) is 0 Å². The molecule has 0 aliphatic carbocycles. The number of carbonyl (C=O) groups is 2. The van der Waals surface area contributed by atoms with Crippen LogP contribution in [0.25, 0.3) is 0 Å². The minimum absolute atomic E-state index is 0.0160. The Labute approximate surface area is 94.4 Å². The number of aldehydes is 1. The topological polar surface area (TPSA) is 137 Å². The Bertz CT molecular complexity index is 261. The summed E-state index contributed by atoms with van der Waals surface area (Å²) in [6.07, 6.45) is 1.77. The van der Waals surface area contributed by atoms with E-state index in [0.29, 0.717) is 25.7 Å². The Morgan fingerprint density at radius 2 is 2.12 bits per heavy atom. The van der Waals surface area contributed by atoms with Crippen molar-refractivity contribution in [3.8, 4) is 0 Å². The first-order chi connectivity index (χ1) is 7.47. The van der Waals surface area contributed by atoms with Gasteiger partial charge in [0.05, 0.1) is 12.1 Å². The van der Waals surface area contributed by atoms with Gasteiger partial charge in [-0.2, -0.15) is 0 Å². The molecule has 0 heterocycles. The lowest BCUT2D eigenvalue weighted by Crippen LogP contribution is -2.44. The first-order valence-corrected chi connectivity index (χ1v) is 5.04. The maximum absolute atomic E-state index is 11.2. The third-order valence-corrected chi connectivity index (χ3v) is 1.87. The molecule has 0 aliphatic rings. The quantitative estimate of drug-likeness (QED) is 0.174. The van der Waals surface area contributed by atoms with Crippen LogP contribution in [0, 0.1) is 0 Å². The fraction of sp³-hybridized carbons (Fsp3) is 0.667. The van der Waals surface area contributed by atoms with Crippen molar-refractivity contribution < 1.29 is 9.59 Å². The first kappa shape index (κ1) is 14.4. The smallest absolute Gasteiger partial charge is 0.237 e. The van der Waals surface area contributed by atoms with E-state index in [9.17, 15) is 9.59 Å². The molecule has 0 spiro atoms. The molecule has 0 radical (unpaired) electrons. The largest absolute Gasteiger partial charge is 0.370 e. The summed E-state index contributed by atoms with van der Waals surface area (Å²) < 4.78 is 0. The minimum Gasteiger partial charge on any atom is -0.370 e. The fourth-order valence-corrected chi connectivity index (χ4v) is 1.01. The third-order valence-electron chi connectivity index (χ3n) is 1.87. The second kappa shape index (κ2) is 7.63. The lowest BCUT2D eigenvalue weighted by Gasteiger charge is -2.13. The Morgan fingerprint density at radius 3 is 2.56 bits per heavy atom. The van der Waals surface area contributed by atoms with Crippen molar-refractivity contribution in [1.82, 2.24) is 5.32 Å². The Kier molecular flexibility index (Phi) is 6.86. The molecule has 2 atom stereocenters. The summed E-state index contributed by atoms with van der Waals surface area (Å²) in [5.41, 5.74) is 15.6. The molecule has 1 amide bonds. The predicted molar refractivity (Wildman–Crippen MR) is 61.6 cm³/mol. The standard InChI is InChI=1S/C9H19N5O2/c1-6(10)8(16)14-7(5-15)3-2-4-13-9(11)12/h5-7H,2-4,10H2,1H3,(H,14,16)(H4,11,12,13). The molecule has 0 saturated heterocycles.